The van der Waals surface area contributed by atoms with Gasteiger partial charge in [0.15, 0.2) is 0 Å². The zero-order chi connectivity index (χ0) is 20.1. The lowest BCUT2D eigenvalue weighted by molar-refractivity contribution is -0.121. The van der Waals surface area contributed by atoms with Gasteiger partial charge in [0.2, 0.25) is 5.91 Å². The van der Waals surface area contributed by atoms with E-state index in [4.69, 9.17) is 0 Å². The van der Waals surface area contributed by atoms with E-state index in [0.717, 1.165) is 32.4 Å². The second-order valence-corrected chi connectivity index (χ2v) is 7.68. The Labute approximate surface area is 171 Å². The molecule has 6 heteroatoms. The molecule has 3 amide bonds. The van der Waals surface area contributed by atoms with Crippen molar-refractivity contribution in [1.82, 2.24) is 15.5 Å². The number of hydrogen-bond donors (Lipinski definition) is 2. The fraction of sp³-hybridized carbons (Fsp3) is 0.391. The Bertz CT molecular complexity index is 847. The van der Waals surface area contributed by atoms with Crippen molar-refractivity contribution in [2.24, 2.45) is 0 Å². The largest absolute Gasteiger partial charge is 0.368 e. The molecule has 0 spiro atoms. The summed E-state index contributed by atoms with van der Waals surface area (Å²) in [7, 11) is 0. The van der Waals surface area contributed by atoms with Gasteiger partial charge in [-0.15, -0.1) is 0 Å². The summed E-state index contributed by atoms with van der Waals surface area (Å²) in [4.78, 5) is 28.9. The van der Waals surface area contributed by atoms with Crippen molar-refractivity contribution in [3.05, 3.63) is 65.7 Å². The van der Waals surface area contributed by atoms with E-state index in [1.165, 1.54) is 16.8 Å². The van der Waals surface area contributed by atoms with Gasteiger partial charge in [0.25, 0.3) is 0 Å². The molecule has 2 aromatic rings. The normalized spacial score (nSPS) is 18.7. The molecule has 152 valence electrons. The Morgan fingerprint density at radius 3 is 2.45 bits per heavy atom. The molecule has 1 heterocycles. The zero-order valence-electron chi connectivity index (χ0n) is 16.6. The van der Waals surface area contributed by atoms with Gasteiger partial charge in [0, 0.05) is 31.9 Å². The van der Waals surface area contributed by atoms with Gasteiger partial charge in [-0.05, 0) is 42.5 Å². The molecule has 1 aliphatic heterocycles. The number of amides is 3. The van der Waals surface area contributed by atoms with Gasteiger partial charge >= 0.3 is 6.03 Å². The summed E-state index contributed by atoms with van der Waals surface area (Å²) in [6, 6.07) is 18.4. The van der Waals surface area contributed by atoms with Crippen molar-refractivity contribution < 1.29 is 9.59 Å². The maximum atomic E-state index is 12.5. The predicted molar refractivity (Wildman–Crippen MR) is 114 cm³/mol. The standard InChI is InChI=1S/C23H28N4O2/c28-22(25-21-12-6-8-18-7-4-5-11-20(18)21)17-24-23(29)27-15-13-26(14-16-27)19-9-2-1-3-10-19/h1-5,7,9-11,21H,6,8,12-17H2,(H,24,29)(H,25,28). The summed E-state index contributed by atoms with van der Waals surface area (Å²) in [6.45, 7) is 2.90. The highest BCUT2D eigenvalue weighted by Crippen LogP contribution is 2.29. The number of carbonyl (C=O) groups excluding carboxylic acids is 2. The second kappa shape index (κ2) is 8.99. The van der Waals surface area contributed by atoms with Crippen LogP contribution in [0.5, 0.6) is 0 Å². The number of carbonyl (C=O) groups is 2. The monoisotopic (exact) mass is 392 g/mol. The van der Waals surface area contributed by atoms with E-state index in [1.807, 2.05) is 30.3 Å². The molecular weight excluding hydrogens is 364 g/mol. The Hall–Kier alpha value is -3.02. The molecule has 1 fully saturated rings. The number of nitrogens with one attached hydrogen (secondary N) is 2. The van der Waals surface area contributed by atoms with Crippen LogP contribution in [0, 0.1) is 0 Å². The fourth-order valence-corrected chi connectivity index (χ4v) is 4.22. The van der Waals surface area contributed by atoms with Gasteiger partial charge in [-0.25, -0.2) is 4.79 Å². The van der Waals surface area contributed by atoms with Crippen LogP contribution in [-0.2, 0) is 11.2 Å². The van der Waals surface area contributed by atoms with Gasteiger partial charge in [0.05, 0.1) is 12.6 Å². The minimum absolute atomic E-state index is 0.0103. The van der Waals surface area contributed by atoms with E-state index in [-0.39, 0.29) is 24.5 Å². The van der Waals surface area contributed by atoms with E-state index in [1.54, 1.807) is 4.90 Å². The van der Waals surface area contributed by atoms with Crippen LogP contribution in [0.3, 0.4) is 0 Å². The molecule has 0 saturated carbocycles. The van der Waals surface area contributed by atoms with Crippen LogP contribution in [0.4, 0.5) is 10.5 Å². The average Bonchev–Trinajstić information content (AvgIpc) is 2.78. The lowest BCUT2D eigenvalue weighted by atomic mass is 9.88. The van der Waals surface area contributed by atoms with Crippen LogP contribution < -0.4 is 15.5 Å². The third-order valence-electron chi connectivity index (χ3n) is 5.79. The van der Waals surface area contributed by atoms with E-state index in [9.17, 15) is 9.59 Å². The van der Waals surface area contributed by atoms with Crippen LogP contribution in [0.15, 0.2) is 54.6 Å². The number of urea groups is 1. The first-order chi connectivity index (χ1) is 14.2. The maximum absolute atomic E-state index is 12.5. The van der Waals surface area contributed by atoms with E-state index >= 15 is 0 Å². The van der Waals surface area contributed by atoms with Crippen molar-refractivity contribution in [2.45, 2.75) is 25.3 Å². The highest BCUT2D eigenvalue weighted by molar-refractivity contribution is 5.84. The molecule has 2 aliphatic rings. The summed E-state index contributed by atoms with van der Waals surface area (Å²) < 4.78 is 0. The van der Waals surface area contributed by atoms with E-state index in [0.29, 0.717) is 13.1 Å². The number of nitrogens with zero attached hydrogens (tertiary/aromatic N) is 2. The number of hydrogen-bond acceptors (Lipinski definition) is 3. The number of anilines is 1. The molecule has 1 saturated heterocycles. The molecule has 6 nitrogen and oxygen atoms in total. The molecule has 1 aliphatic carbocycles. The van der Waals surface area contributed by atoms with Gasteiger partial charge in [0.1, 0.15) is 0 Å². The SMILES string of the molecule is O=C(CNC(=O)N1CCN(c2ccccc2)CC1)NC1CCCc2ccccc21. The Kier molecular flexibility index (Phi) is 5.98. The number of aryl methyl sites for hydroxylation is 1. The van der Waals surface area contributed by atoms with E-state index < -0.39 is 0 Å². The summed E-state index contributed by atoms with van der Waals surface area (Å²) in [5.41, 5.74) is 3.69. The first kappa shape index (κ1) is 19.3. The van der Waals surface area contributed by atoms with Gasteiger partial charge < -0.3 is 20.4 Å². The number of piperazine rings is 1. The molecular formula is C23H28N4O2. The Morgan fingerprint density at radius 2 is 1.66 bits per heavy atom. The minimum Gasteiger partial charge on any atom is -0.368 e. The van der Waals surface area contributed by atoms with Crippen LogP contribution in [-0.4, -0.2) is 49.6 Å². The predicted octanol–water partition coefficient (Wildman–Crippen LogP) is 2.71. The number of fused-ring (bicyclic) bond motifs is 1. The maximum Gasteiger partial charge on any atom is 0.317 e. The third kappa shape index (κ3) is 4.70. The highest BCUT2D eigenvalue weighted by atomic mass is 16.2. The molecule has 0 bridgehead atoms. The van der Waals surface area contributed by atoms with Crippen molar-refractivity contribution in [1.29, 1.82) is 0 Å². The number of benzene rings is 2. The summed E-state index contributed by atoms with van der Waals surface area (Å²) in [6.07, 6.45) is 3.08. The number of para-hydroxylation sites is 1. The molecule has 2 N–H and O–H groups in total. The highest BCUT2D eigenvalue weighted by Gasteiger charge is 2.23. The quantitative estimate of drug-likeness (QED) is 0.841. The molecule has 0 aromatic heterocycles. The Balaban J connectivity index is 1.23. The van der Waals surface area contributed by atoms with Crippen molar-refractivity contribution in [3.8, 4) is 0 Å². The van der Waals surface area contributed by atoms with Crippen LogP contribution >= 0.6 is 0 Å². The first-order valence-corrected chi connectivity index (χ1v) is 10.4. The average molecular weight is 393 g/mol. The van der Waals surface area contributed by atoms with Gasteiger partial charge in [-0.2, -0.15) is 0 Å². The van der Waals surface area contributed by atoms with Crippen molar-refractivity contribution >= 4 is 17.6 Å². The lowest BCUT2D eigenvalue weighted by Crippen LogP contribution is -2.53. The summed E-state index contributed by atoms with van der Waals surface area (Å²) in [5.74, 6) is -0.136. The first-order valence-electron chi connectivity index (χ1n) is 10.4. The molecule has 1 unspecified atom stereocenters. The molecule has 29 heavy (non-hydrogen) atoms. The smallest absolute Gasteiger partial charge is 0.317 e. The van der Waals surface area contributed by atoms with Crippen LogP contribution in [0.1, 0.15) is 30.0 Å². The lowest BCUT2D eigenvalue weighted by Gasteiger charge is -2.36. The third-order valence-corrected chi connectivity index (χ3v) is 5.79. The molecule has 0 radical (unpaired) electrons. The summed E-state index contributed by atoms with van der Waals surface area (Å²) >= 11 is 0. The van der Waals surface area contributed by atoms with Crippen LogP contribution in [0.2, 0.25) is 0 Å². The van der Waals surface area contributed by atoms with Crippen molar-refractivity contribution in [3.63, 3.8) is 0 Å². The summed E-state index contributed by atoms with van der Waals surface area (Å²) in [5, 5.41) is 5.86. The van der Waals surface area contributed by atoms with E-state index in [2.05, 4.69) is 39.8 Å². The topological polar surface area (TPSA) is 64.7 Å². The van der Waals surface area contributed by atoms with Gasteiger partial charge in [-0.3, -0.25) is 4.79 Å². The Morgan fingerprint density at radius 1 is 0.931 bits per heavy atom. The van der Waals surface area contributed by atoms with Crippen LogP contribution in [0.25, 0.3) is 0 Å². The molecule has 1 atom stereocenters. The number of rotatable bonds is 4. The van der Waals surface area contributed by atoms with Crippen molar-refractivity contribution in [2.75, 3.05) is 37.6 Å². The van der Waals surface area contributed by atoms with Gasteiger partial charge in [-0.1, -0.05) is 42.5 Å². The second-order valence-electron chi connectivity index (χ2n) is 7.68. The molecule has 2 aromatic carbocycles. The zero-order valence-corrected chi connectivity index (χ0v) is 16.6. The minimum atomic E-state index is -0.170. The fourth-order valence-electron chi connectivity index (χ4n) is 4.22. The molecule has 4 rings (SSSR count).